The lowest BCUT2D eigenvalue weighted by atomic mass is 10.1. The maximum absolute atomic E-state index is 6.00. The number of nitrogens with zero attached hydrogens (tertiary/aromatic N) is 2. The van der Waals surface area contributed by atoms with Gasteiger partial charge in [0.1, 0.15) is 0 Å². The molecule has 2 aromatic rings. The summed E-state index contributed by atoms with van der Waals surface area (Å²) in [4.78, 5) is 0. The van der Waals surface area contributed by atoms with Crippen LogP contribution in [-0.2, 0) is 6.54 Å². The lowest BCUT2D eigenvalue weighted by Crippen LogP contribution is -2.02. The Bertz CT molecular complexity index is 486. The second-order valence-electron chi connectivity index (χ2n) is 4.03. The highest BCUT2D eigenvalue weighted by Crippen LogP contribution is 2.26. The molecule has 0 saturated carbocycles. The van der Waals surface area contributed by atoms with Crippen LogP contribution in [0.25, 0.3) is 11.3 Å². The average Bonchev–Trinajstić information content (AvgIpc) is 2.70. The Kier molecular flexibility index (Phi) is 2.95. The van der Waals surface area contributed by atoms with Crippen molar-refractivity contribution in [3.63, 3.8) is 0 Å². The van der Waals surface area contributed by atoms with Gasteiger partial charge in [-0.05, 0) is 31.5 Å². The van der Waals surface area contributed by atoms with Gasteiger partial charge in [0.2, 0.25) is 0 Å². The molecule has 0 bridgehead atoms. The van der Waals surface area contributed by atoms with Crippen LogP contribution >= 0.6 is 0 Å². The summed E-state index contributed by atoms with van der Waals surface area (Å²) in [5, 5.41) is 4.31. The zero-order valence-electron chi connectivity index (χ0n) is 9.77. The second-order valence-corrected chi connectivity index (χ2v) is 4.03. The minimum absolute atomic E-state index is 0.809. The van der Waals surface area contributed by atoms with Gasteiger partial charge >= 0.3 is 0 Å². The largest absolute Gasteiger partial charge is 0.398 e. The number of nitrogen functional groups attached to an aromatic ring is 1. The molecular formula is C13H17N3. The average molecular weight is 215 g/mol. The Morgan fingerprint density at radius 3 is 2.88 bits per heavy atom. The number of hydrogen-bond acceptors (Lipinski definition) is 2. The monoisotopic (exact) mass is 215 g/mol. The topological polar surface area (TPSA) is 43.8 Å². The van der Waals surface area contributed by atoms with Crippen LogP contribution < -0.4 is 5.73 Å². The summed E-state index contributed by atoms with van der Waals surface area (Å²) in [5.41, 5.74) is 10.2. The predicted molar refractivity (Wildman–Crippen MR) is 67.1 cm³/mol. The van der Waals surface area contributed by atoms with Gasteiger partial charge in [-0.1, -0.05) is 18.6 Å². The van der Waals surface area contributed by atoms with E-state index in [1.54, 1.807) is 0 Å². The minimum atomic E-state index is 0.809. The van der Waals surface area contributed by atoms with Crippen molar-refractivity contribution in [3.8, 4) is 11.3 Å². The highest BCUT2D eigenvalue weighted by Gasteiger charge is 2.08. The highest BCUT2D eigenvalue weighted by atomic mass is 15.3. The first-order valence-corrected chi connectivity index (χ1v) is 5.60. The summed E-state index contributed by atoms with van der Waals surface area (Å²) in [6.45, 7) is 5.14. The van der Waals surface area contributed by atoms with Crippen molar-refractivity contribution in [2.45, 2.75) is 26.8 Å². The normalized spacial score (nSPS) is 10.6. The second kappa shape index (κ2) is 4.39. The summed E-state index contributed by atoms with van der Waals surface area (Å²) in [6, 6.07) is 8.10. The van der Waals surface area contributed by atoms with Gasteiger partial charge in [-0.25, -0.2) is 0 Å². The molecule has 16 heavy (non-hydrogen) atoms. The number of hydrogen-bond donors (Lipinski definition) is 1. The third-order valence-electron chi connectivity index (χ3n) is 2.64. The van der Waals surface area contributed by atoms with E-state index in [2.05, 4.69) is 25.0 Å². The molecule has 1 aromatic carbocycles. The van der Waals surface area contributed by atoms with Crippen LogP contribution in [0.4, 0.5) is 5.69 Å². The first-order chi connectivity index (χ1) is 7.72. The Hall–Kier alpha value is -1.77. The number of anilines is 1. The first-order valence-electron chi connectivity index (χ1n) is 5.60. The zero-order chi connectivity index (χ0) is 11.5. The van der Waals surface area contributed by atoms with Gasteiger partial charge in [0.25, 0.3) is 0 Å². The van der Waals surface area contributed by atoms with Gasteiger partial charge in [-0.3, -0.25) is 4.68 Å². The molecule has 0 aliphatic rings. The quantitative estimate of drug-likeness (QED) is 0.800. The molecule has 1 aromatic heterocycles. The van der Waals surface area contributed by atoms with Gasteiger partial charge in [0, 0.05) is 24.0 Å². The van der Waals surface area contributed by atoms with E-state index in [1.165, 1.54) is 5.56 Å². The predicted octanol–water partition coefficient (Wildman–Crippen LogP) is 2.85. The molecule has 0 unspecified atom stereocenters. The molecule has 3 heteroatoms. The molecule has 0 radical (unpaired) electrons. The summed E-state index contributed by atoms with van der Waals surface area (Å²) < 4.78 is 2.01. The third kappa shape index (κ3) is 1.94. The number of aryl methyl sites for hydroxylation is 2. The fraction of sp³-hybridized carbons (Fsp3) is 0.308. The van der Waals surface area contributed by atoms with E-state index in [0.717, 1.165) is 29.9 Å². The summed E-state index contributed by atoms with van der Waals surface area (Å²) in [7, 11) is 0. The summed E-state index contributed by atoms with van der Waals surface area (Å²) >= 11 is 0. The fourth-order valence-corrected chi connectivity index (χ4v) is 1.84. The molecular weight excluding hydrogens is 198 g/mol. The molecule has 84 valence electrons. The zero-order valence-corrected chi connectivity index (χ0v) is 9.77. The Balaban J connectivity index is 2.49. The number of benzene rings is 1. The summed E-state index contributed by atoms with van der Waals surface area (Å²) in [6.07, 6.45) is 2.90. The summed E-state index contributed by atoms with van der Waals surface area (Å²) in [5.74, 6) is 0. The van der Waals surface area contributed by atoms with Crippen LogP contribution in [0.3, 0.4) is 0 Å². The van der Waals surface area contributed by atoms with E-state index in [1.807, 2.05) is 29.1 Å². The molecule has 0 saturated heterocycles. The molecule has 0 amide bonds. The van der Waals surface area contributed by atoms with Crippen LogP contribution in [0.2, 0.25) is 0 Å². The van der Waals surface area contributed by atoms with Gasteiger partial charge < -0.3 is 5.73 Å². The van der Waals surface area contributed by atoms with Gasteiger partial charge in [0.15, 0.2) is 0 Å². The van der Waals surface area contributed by atoms with Crippen molar-refractivity contribution < 1.29 is 0 Å². The van der Waals surface area contributed by atoms with Crippen molar-refractivity contribution in [1.29, 1.82) is 0 Å². The molecule has 1 heterocycles. The SMILES string of the molecule is CCCn1nccc1-c1cc(C)ccc1N. The highest BCUT2D eigenvalue weighted by molar-refractivity contribution is 5.74. The Labute approximate surface area is 95.9 Å². The third-order valence-corrected chi connectivity index (χ3v) is 2.64. The van der Waals surface area contributed by atoms with Crippen molar-refractivity contribution in [3.05, 3.63) is 36.0 Å². The maximum atomic E-state index is 6.00. The van der Waals surface area contributed by atoms with E-state index in [-0.39, 0.29) is 0 Å². The Morgan fingerprint density at radius 1 is 1.31 bits per heavy atom. The van der Waals surface area contributed by atoms with E-state index in [0.29, 0.717) is 0 Å². The number of aromatic nitrogens is 2. The van der Waals surface area contributed by atoms with Crippen LogP contribution in [0, 0.1) is 6.92 Å². The van der Waals surface area contributed by atoms with Crippen molar-refractivity contribution in [2.75, 3.05) is 5.73 Å². The van der Waals surface area contributed by atoms with Crippen molar-refractivity contribution in [1.82, 2.24) is 9.78 Å². The van der Waals surface area contributed by atoms with Crippen LogP contribution in [0.1, 0.15) is 18.9 Å². The molecule has 0 aliphatic carbocycles. The van der Waals surface area contributed by atoms with Crippen LogP contribution in [-0.4, -0.2) is 9.78 Å². The van der Waals surface area contributed by atoms with Crippen LogP contribution in [0.15, 0.2) is 30.5 Å². The van der Waals surface area contributed by atoms with E-state index in [4.69, 9.17) is 5.73 Å². The molecule has 2 N–H and O–H groups in total. The molecule has 0 aliphatic heterocycles. The lowest BCUT2D eigenvalue weighted by molar-refractivity contribution is 0.609. The molecule has 2 rings (SSSR count). The van der Waals surface area contributed by atoms with Crippen molar-refractivity contribution >= 4 is 5.69 Å². The van der Waals surface area contributed by atoms with Gasteiger partial charge in [0.05, 0.1) is 5.69 Å². The molecule has 0 spiro atoms. The van der Waals surface area contributed by atoms with Crippen molar-refractivity contribution in [2.24, 2.45) is 0 Å². The molecule has 0 atom stereocenters. The fourth-order valence-electron chi connectivity index (χ4n) is 1.84. The van der Waals surface area contributed by atoms with E-state index in [9.17, 15) is 0 Å². The Morgan fingerprint density at radius 2 is 2.12 bits per heavy atom. The smallest absolute Gasteiger partial charge is 0.0702 e. The van der Waals surface area contributed by atoms with Gasteiger partial charge in [-0.2, -0.15) is 5.10 Å². The van der Waals surface area contributed by atoms with E-state index >= 15 is 0 Å². The molecule has 3 nitrogen and oxygen atoms in total. The van der Waals surface area contributed by atoms with Gasteiger partial charge in [-0.15, -0.1) is 0 Å². The maximum Gasteiger partial charge on any atom is 0.0702 e. The van der Waals surface area contributed by atoms with E-state index < -0.39 is 0 Å². The first kappa shape index (κ1) is 10.7. The molecule has 0 fully saturated rings. The number of rotatable bonds is 3. The number of nitrogens with two attached hydrogens (primary N) is 1. The van der Waals surface area contributed by atoms with Crippen LogP contribution in [0.5, 0.6) is 0 Å². The standard InChI is InChI=1S/C13H17N3/c1-3-8-16-13(6-7-15-16)11-9-10(2)4-5-12(11)14/h4-7,9H,3,8,14H2,1-2H3. The lowest BCUT2D eigenvalue weighted by Gasteiger charge is -2.09. The minimum Gasteiger partial charge on any atom is -0.398 e.